The van der Waals surface area contributed by atoms with Crippen molar-refractivity contribution in [2.45, 2.75) is 0 Å². The first kappa shape index (κ1) is 10.2. The van der Waals surface area contributed by atoms with Gasteiger partial charge in [0.25, 0.3) is 0 Å². The van der Waals surface area contributed by atoms with Gasteiger partial charge in [-0.2, -0.15) is 4.68 Å². The summed E-state index contributed by atoms with van der Waals surface area (Å²) < 4.78 is 0.877. The second-order valence-corrected chi connectivity index (χ2v) is 3.27. The second-order valence-electron chi connectivity index (χ2n) is 3.27. The third kappa shape index (κ3) is 1.40. The van der Waals surface area contributed by atoms with E-state index in [0.29, 0.717) is 5.69 Å². The Morgan fingerprint density at radius 1 is 1.25 bits per heavy atom. The highest BCUT2D eigenvalue weighted by molar-refractivity contribution is 5.94. The van der Waals surface area contributed by atoms with Crippen LogP contribution < -0.4 is 16.1 Å². The zero-order chi connectivity index (χ0) is 11.9. The molecule has 0 radical (unpaired) electrons. The van der Waals surface area contributed by atoms with E-state index in [4.69, 9.17) is 5.11 Å². The Kier molecular flexibility index (Phi) is 2.12. The molecule has 1 heterocycles. The molecule has 0 bridgehead atoms. The first-order chi connectivity index (χ1) is 7.54. The van der Waals surface area contributed by atoms with Crippen LogP contribution in [0.2, 0.25) is 0 Å². The van der Waals surface area contributed by atoms with Gasteiger partial charge in [-0.05, 0) is 12.1 Å². The first-order valence-electron chi connectivity index (χ1n) is 4.48. The molecule has 2 rings (SSSR count). The topological polar surface area (TPSA) is 79.6 Å². The number of hydrogen-bond acceptors (Lipinski definition) is 4. The predicted molar refractivity (Wildman–Crippen MR) is 56.5 cm³/mol. The average molecular weight is 220 g/mol. The SMILES string of the molecule is CN(c1ccccc1C(=O)O)n1c(=O)c1=O. The Morgan fingerprint density at radius 3 is 2.31 bits per heavy atom. The number of anilines is 1. The van der Waals surface area contributed by atoms with E-state index in [2.05, 4.69) is 0 Å². The fourth-order valence-electron chi connectivity index (χ4n) is 1.44. The molecule has 0 spiro atoms. The fourth-order valence-corrected chi connectivity index (χ4v) is 1.44. The van der Waals surface area contributed by atoms with Crippen molar-refractivity contribution in [3.8, 4) is 0 Å². The average Bonchev–Trinajstić information content (AvgIpc) is 2.86. The second kappa shape index (κ2) is 3.34. The number of para-hydroxylation sites is 1. The van der Waals surface area contributed by atoms with Crippen LogP contribution in [0.4, 0.5) is 5.69 Å². The van der Waals surface area contributed by atoms with Gasteiger partial charge >= 0.3 is 17.1 Å². The van der Waals surface area contributed by atoms with Crippen LogP contribution in [0.3, 0.4) is 0 Å². The van der Waals surface area contributed by atoms with Gasteiger partial charge in [-0.25, -0.2) is 4.79 Å². The number of carboxylic acids is 1. The van der Waals surface area contributed by atoms with Crippen molar-refractivity contribution in [3.05, 3.63) is 50.5 Å². The number of aromatic carboxylic acids is 1. The Balaban J connectivity index is 2.49. The van der Waals surface area contributed by atoms with Crippen molar-refractivity contribution in [1.82, 2.24) is 4.68 Å². The van der Waals surface area contributed by atoms with Crippen molar-refractivity contribution in [2.24, 2.45) is 0 Å². The maximum atomic E-state index is 10.9. The van der Waals surface area contributed by atoms with E-state index in [-0.39, 0.29) is 5.56 Å². The molecule has 0 aliphatic carbocycles. The molecule has 0 amide bonds. The van der Waals surface area contributed by atoms with E-state index in [1.165, 1.54) is 24.2 Å². The van der Waals surface area contributed by atoms with E-state index >= 15 is 0 Å². The molecule has 2 aromatic rings. The van der Waals surface area contributed by atoms with Crippen molar-refractivity contribution in [3.63, 3.8) is 0 Å². The number of nitrogens with zero attached hydrogens (tertiary/aromatic N) is 2. The van der Waals surface area contributed by atoms with Crippen LogP contribution in [-0.4, -0.2) is 22.8 Å². The molecule has 0 aliphatic rings. The summed E-state index contributed by atoms with van der Waals surface area (Å²) in [6, 6.07) is 6.15. The predicted octanol–water partition coefficient (Wildman–Crippen LogP) is -0.318. The van der Waals surface area contributed by atoms with Crippen LogP contribution in [0, 0.1) is 0 Å². The highest BCUT2D eigenvalue weighted by atomic mass is 16.4. The minimum atomic E-state index is -1.11. The zero-order valence-corrected chi connectivity index (χ0v) is 8.38. The summed E-state index contributed by atoms with van der Waals surface area (Å²) in [5.74, 6) is -1.11. The van der Waals surface area contributed by atoms with Gasteiger partial charge in [-0.15, -0.1) is 0 Å². The maximum absolute atomic E-state index is 10.9. The van der Waals surface area contributed by atoms with Crippen molar-refractivity contribution >= 4 is 11.7 Å². The molecule has 0 aliphatic heterocycles. The molecule has 16 heavy (non-hydrogen) atoms. The van der Waals surface area contributed by atoms with Crippen molar-refractivity contribution in [1.29, 1.82) is 0 Å². The summed E-state index contributed by atoms with van der Waals surface area (Å²) in [6.45, 7) is 0. The molecule has 1 aromatic heterocycles. The Labute approximate surface area is 89.6 Å². The van der Waals surface area contributed by atoms with E-state index in [1.54, 1.807) is 12.1 Å². The normalized spacial score (nSPS) is 10.6. The number of benzene rings is 1. The van der Waals surface area contributed by atoms with Crippen LogP contribution in [-0.2, 0) is 0 Å². The van der Waals surface area contributed by atoms with Gasteiger partial charge in [0.2, 0.25) is 0 Å². The van der Waals surface area contributed by atoms with E-state index in [0.717, 1.165) is 4.68 Å². The maximum Gasteiger partial charge on any atom is 0.340 e. The number of carbonyl (C=O) groups is 1. The summed E-state index contributed by atoms with van der Waals surface area (Å²) in [6.07, 6.45) is 0. The van der Waals surface area contributed by atoms with Crippen LogP contribution in [0.25, 0.3) is 0 Å². The highest BCUT2D eigenvalue weighted by Crippen LogP contribution is 2.18. The van der Waals surface area contributed by atoms with Gasteiger partial charge in [0.15, 0.2) is 0 Å². The molecule has 82 valence electrons. The standard InChI is InChI=1S/C10H8N2O4/c1-11(12-8(13)9(12)14)7-5-3-2-4-6(7)10(15)16/h2-5H,1H3,(H,15,16). The summed E-state index contributed by atoms with van der Waals surface area (Å²) in [5.41, 5.74) is -0.933. The van der Waals surface area contributed by atoms with Crippen LogP contribution >= 0.6 is 0 Å². The van der Waals surface area contributed by atoms with Crippen molar-refractivity contribution < 1.29 is 9.90 Å². The number of carboxylic acid groups (broad SMARTS) is 1. The largest absolute Gasteiger partial charge is 0.478 e. The minimum absolute atomic E-state index is 0.0394. The molecule has 0 fully saturated rings. The van der Waals surface area contributed by atoms with Crippen LogP contribution in [0.15, 0.2) is 33.9 Å². The van der Waals surface area contributed by atoms with Gasteiger partial charge in [0.05, 0.1) is 11.3 Å². The molecule has 6 nitrogen and oxygen atoms in total. The lowest BCUT2D eigenvalue weighted by Crippen LogP contribution is -2.25. The Bertz CT molecular complexity index is 596. The smallest absolute Gasteiger partial charge is 0.340 e. The molecule has 0 unspecified atom stereocenters. The number of aromatic nitrogens is 1. The highest BCUT2D eigenvalue weighted by Gasteiger charge is 2.23. The van der Waals surface area contributed by atoms with Crippen molar-refractivity contribution in [2.75, 3.05) is 12.1 Å². The zero-order valence-electron chi connectivity index (χ0n) is 8.38. The quantitative estimate of drug-likeness (QED) is 0.717. The van der Waals surface area contributed by atoms with E-state index in [9.17, 15) is 14.4 Å². The molecule has 0 saturated heterocycles. The van der Waals surface area contributed by atoms with E-state index in [1.807, 2.05) is 0 Å². The summed E-state index contributed by atoms with van der Waals surface area (Å²) in [7, 11) is 1.46. The van der Waals surface area contributed by atoms with Crippen LogP contribution in [0.5, 0.6) is 0 Å². The van der Waals surface area contributed by atoms with Gasteiger partial charge in [0.1, 0.15) is 0 Å². The van der Waals surface area contributed by atoms with Gasteiger partial charge in [-0.1, -0.05) is 12.1 Å². The lowest BCUT2D eigenvalue weighted by Gasteiger charge is -2.16. The molecule has 1 aromatic carbocycles. The molecule has 0 atom stereocenters. The first-order valence-corrected chi connectivity index (χ1v) is 4.48. The molecule has 0 saturated carbocycles. The van der Waals surface area contributed by atoms with Crippen LogP contribution in [0.1, 0.15) is 10.4 Å². The molecular weight excluding hydrogens is 212 g/mol. The number of hydrogen-bond donors (Lipinski definition) is 1. The van der Waals surface area contributed by atoms with Gasteiger partial charge in [0, 0.05) is 7.05 Å². The third-order valence-corrected chi connectivity index (χ3v) is 2.30. The van der Waals surface area contributed by atoms with E-state index < -0.39 is 17.1 Å². The summed E-state index contributed by atoms with van der Waals surface area (Å²) in [5, 5.41) is 10.2. The fraction of sp³-hybridized carbons (Fsp3) is 0.100. The lowest BCUT2D eigenvalue weighted by atomic mass is 10.2. The Hall–Kier alpha value is -2.37. The Morgan fingerprint density at radius 2 is 1.81 bits per heavy atom. The third-order valence-electron chi connectivity index (χ3n) is 2.30. The summed E-state index contributed by atoms with van der Waals surface area (Å²) in [4.78, 5) is 32.7. The van der Waals surface area contributed by atoms with Gasteiger partial charge < -0.3 is 5.11 Å². The van der Waals surface area contributed by atoms with Gasteiger partial charge in [-0.3, -0.25) is 14.6 Å². The number of rotatable bonds is 3. The molecular formula is C10H8N2O4. The summed E-state index contributed by atoms with van der Waals surface area (Å²) >= 11 is 0. The molecule has 1 N–H and O–H groups in total. The lowest BCUT2D eigenvalue weighted by molar-refractivity contribution is 0.0697. The minimum Gasteiger partial charge on any atom is -0.478 e. The molecule has 6 heteroatoms. The monoisotopic (exact) mass is 220 g/mol.